The highest BCUT2D eigenvalue weighted by Crippen LogP contribution is 2.22. The minimum absolute atomic E-state index is 0.144. The van der Waals surface area contributed by atoms with Crippen molar-refractivity contribution >= 4 is 11.8 Å². The summed E-state index contributed by atoms with van der Waals surface area (Å²) >= 11 is 0. The fourth-order valence-electron chi connectivity index (χ4n) is 2.09. The first-order valence-corrected chi connectivity index (χ1v) is 6.08. The second kappa shape index (κ2) is 4.68. The quantitative estimate of drug-likeness (QED) is 0.788. The molecule has 0 radical (unpaired) electrons. The SMILES string of the molecule is O=C1CCC(=O)N1Cc1cc(-c2ccccc2)on1. The van der Waals surface area contributed by atoms with E-state index >= 15 is 0 Å². The number of imide groups is 1. The van der Waals surface area contributed by atoms with Crippen LogP contribution in [0.2, 0.25) is 0 Å². The lowest BCUT2D eigenvalue weighted by Crippen LogP contribution is -2.28. The van der Waals surface area contributed by atoms with Crippen molar-refractivity contribution in [2.75, 3.05) is 0 Å². The number of likely N-dealkylation sites (tertiary alicyclic amines) is 1. The first-order valence-electron chi connectivity index (χ1n) is 6.08. The summed E-state index contributed by atoms with van der Waals surface area (Å²) in [7, 11) is 0. The molecule has 1 aliphatic heterocycles. The second-order valence-electron chi connectivity index (χ2n) is 4.42. The van der Waals surface area contributed by atoms with Gasteiger partial charge in [0.05, 0.1) is 6.54 Å². The van der Waals surface area contributed by atoms with Crippen molar-refractivity contribution in [3.63, 3.8) is 0 Å². The van der Waals surface area contributed by atoms with Crippen LogP contribution in [-0.2, 0) is 16.1 Å². The Kier molecular flexibility index (Phi) is 2.87. The molecular weight excluding hydrogens is 244 g/mol. The summed E-state index contributed by atoms with van der Waals surface area (Å²) in [6.45, 7) is 0.188. The van der Waals surface area contributed by atoms with Gasteiger partial charge in [-0.05, 0) is 0 Å². The molecule has 19 heavy (non-hydrogen) atoms. The number of amides is 2. The van der Waals surface area contributed by atoms with E-state index in [9.17, 15) is 9.59 Å². The molecule has 1 aromatic heterocycles. The van der Waals surface area contributed by atoms with Gasteiger partial charge in [-0.15, -0.1) is 0 Å². The van der Waals surface area contributed by atoms with Crippen molar-refractivity contribution in [2.45, 2.75) is 19.4 Å². The van der Waals surface area contributed by atoms with Crippen LogP contribution in [0.15, 0.2) is 40.9 Å². The number of benzene rings is 1. The van der Waals surface area contributed by atoms with Crippen molar-refractivity contribution in [3.8, 4) is 11.3 Å². The zero-order valence-electron chi connectivity index (χ0n) is 10.2. The van der Waals surface area contributed by atoms with Gasteiger partial charge in [0, 0.05) is 24.5 Å². The third kappa shape index (κ3) is 2.27. The lowest BCUT2D eigenvalue weighted by atomic mass is 10.1. The first kappa shape index (κ1) is 11.6. The fraction of sp³-hybridized carbons (Fsp3) is 0.214. The van der Waals surface area contributed by atoms with Gasteiger partial charge in [-0.3, -0.25) is 14.5 Å². The third-order valence-electron chi connectivity index (χ3n) is 3.09. The van der Waals surface area contributed by atoms with E-state index in [1.54, 1.807) is 6.07 Å². The molecule has 2 heterocycles. The van der Waals surface area contributed by atoms with Gasteiger partial charge in [-0.25, -0.2) is 0 Å². The minimum atomic E-state index is -0.144. The molecular formula is C14H12N2O3. The molecule has 2 aromatic rings. The molecule has 0 atom stereocenters. The van der Waals surface area contributed by atoms with Crippen LogP contribution in [0.3, 0.4) is 0 Å². The number of carbonyl (C=O) groups excluding carboxylic acids is 2. The number of nitrogens with zero attached hydrogens (tertiary/aromatic N) is 2. The zero-order chi connectivity index (χ0) is 13.2. The second-order valence-corrected chi connectivity index (χ2v) is 4.42. The summed E-state index contributed by atoms with van der Waals surface area (Å²) < 4.78 is 5.23. The Morgan fingerprint density at radius 1 is 1.11 bits per heavy atom. The molecule has 96 valence electrons. The molecule has 1 saturated heterocycles. The van der Waals surface area contributed by atoms with E-state index < -0.39 is 0 Å². The molecule has 0 bridgehead atoms. The van der Waals surface area contributed by atoms with E-state index in [1.165, 1.54) is 4.90 Å². The Bertz CT molecular complexity index is 603. The van der Waals surface area contributed by atoms with Gasteiger partial charge in [0.25, 0.3) is 0 Å². The minimum Gasteiger partial charge on any atom is -0.356 e. The summed E-state index contributed by atoms with van der Waals surface area (Å²) in [5.41, 5.74) is 1.50. The van der Waals surface area contributed by atoms with Gasteiger partial charge in [-0.2, -0.15) is 0 Å². The van der Waals surface area contributed by atoms with Gasteiger partial charge in [-0.1, -0.05) is 35.5 Å². The average Bonchev–Trinajstić information content (AvgIpc) is 3.02. The van der Waals surface area contributed by atoms with Gasteiger partial charge in [0.15, 0.2) is 5.76 Å². The molecule has 0 spiro atoms. The zero-order valence-corrected chi connectivity index (χ0v) is 10.2. The number of rotatable bonds is 3. The van der Waals surface area contributed by atoms with E-state index in [2.05, 4.69) is 5.16 Å². The fourth-order valence-corrected chi connectivity index (χ4v) is 2.09. The van der Waals surface area contributed by atoms with Crippen LogP contribution in [0.4, 0.5) is 0 Å². The summed E-state index contributed by atoms with van der Waals surface area (Å²) in [5, 5.41) is 3.90. The summed E-state index contributed by atoms with van der Waals surface area (Å²) in [6.07, 6.45) is 0.588. The number of carbonyl (C=O) groups is 2. The standard InChI is InChI=1S/C14H12N2O3/c17-13-6-7-14(18)16(13)9-11-8-12(19-15-11)10-4-2-1-3-5-10/h1-5,8H,6-7,9H2. The van der Waals surface area contributed by atoms with Crippen LogP contribution >= 0.6 is 0 Å². The van der Waals surface area contributed by atoms with Crippen LogP contribution in [0.1, 0.15) is 18.5 Å². The van der Waals surface area contributed by atoms with Crippen molar-refractivity contribution in [1.29, 1.82) is 0 Å². The highest BCUT2D eigenvalue weighted by Gasteiger charge is 2.29. The van der Waals surface area contributed by atoms with Gasteiger partial charge in [0.1, 0.15) is 5.69 Å². The Balaban J connectivity index is 1.79. The monoisotopic (exact) mass is 256 g/mol. The van der Waals surface area contributed by atoms with E-state index in [1.807, 2.05) is 30.3 Å². The highest BCUT2D eigenvalue weighted by atomic mass is 16.5. The Morgan fingerprint density at radius 2 is 1.79 bits per heavy atom. The lowest BCUT2D eigenvalue weighted by Gasteiger charge is -2.10. The Morgan fingerprint density at radius 3 is 2.47 bits per heavy atom. The molecule has 3 rings (SSSR count). The van der Waals surface area contributed by atoms with Crippen molar-refractivity contribution in [1.82, 2.24) is 10.1 Å². The van der Waals surface area contributed by atoms with E-state index in [-0.39, 0.29) is 18.4 Å². The van der Waals surface area contributed by atoms with Crippen molar-refractivity contribution in [2.24, 2.45) is 0 Å². The van der Waals surface area contributed by atoms with Crippen LogP contribution < -0.4 is 0 Å². The topological polar surface area (TPSA) is 63.4 Å². The lowest BCUT2D eigenvalue weighted by molar-refractivity contribution is -0.139. The molecule has 1 aromatic carbocycles. The van der Waals surface area contributed by atoms with Gasteiger partial charge < -0.3 is 4.52 Å². The molecule has 0 unspecified atom stereocenters. The summed E-state index contributed by atoms with van der Waals surface area (Å²) in [6, 6.07) is 11.3. The van der Waals surface area contributed by atoms with E-state index in [0.717, 1.165) is 5.56 Å². The van der Waals surface area contributed by atoms with Crippen molar-refractivity contribution in [3.05, 3.63) is 42.1 Å². The molecule has 0 aliphatic carbocycles. The van der Waals surface area contributed by atoms with Crippen LogP contribution in [0.25, 0.3) is 11.3 Å². The van der Waals surface area contributed by atoms with Crippen molar-refractivity contribution < 1.29 is 14.1 Å². The third-order valence-corrected chi connectivity index (χ3v) is 3.09. The Hall–Kier alpha value is -2.43. The summed E-state index contributed by atoms with van der Waals surface area (Å²) in [4.78, 5) is 24.3. The maximum atomic E-state index is 11.5. The average molecular weight is 256 g/mol. The van der Waals surface area contributed by atoms with Crippen LogP contribution in [0.5, 0.6) is 0 Å². The predicted octanol–water partition coefficient (Wildman–Crippen LogP) is 1.99. The molecule has 5 heteroatoms. The largest absolute Gasteiger partial charge is 0.356 e. The molecule has 0 N–H and O–H groups in total. The molecule has 1 aliphatic rings. The number of hydrogen-bond acceptors (Lipinski definition) is 4. The van der Waals surface area contributed by atoms with E-state index in [0.29, 0.717) is 24.3 Å². The predicted molar refractivity (Wildman–Crippen MR) is 66.7 cm³/mol. The summed E-state index contributed by atoms with van der Waals surface area (Å²) in [5.74, 6) is 0.346. The maximum Gasteiger partial charge on any atom is 0.230 e. The van der Waals surface area contributed by atoms with Crippen LogP contribution in [0, 0.1) is 0 Å². The molecule has 5 nitrogen and oxygen atoms in total. The Labute approximate surface area is 109 Å². The number of hydrogen-bond donors (Lipinski definition) is 0. The first-order chi connectivity index (χ1) is 9.24. The van der Waals surface area contributed by atoms with Gasteiger partial charge in [0.2, 0.25) is 11.8 Å². The van der Waals surface area contributed by atoms with E-state index in [4.69, 9.17) is 4.52 Å². The highest BCUT2D eigenvalue weighted by molar-refractivity contribution is 6.01. The molecule has 1 fully saturated rings. The molecule has 0 saturated carbocycles. The maximum absolute atomic E-state index is 11.5. The number of aromatic nitrogens is 1. The normalized spacial score (nSPS) is 15.3. The van der Waals surface area contributed by atoms with Crippen LogP contribution in [-0.4, -0.2) is 21.9 Å². The molecule has 2 amide bonds. The smallest absolute Gasteiger partial charge is 0.230 e. The van der Waals surface area contributed by atoms with Gasteiger partial charge >= 0.3 is 0 Å².